The lowest BCUT2D eigenvalue weighted by Crippen LogP contribution is -2.37. The summed E-state index contributed by atoms with van der Waals surface area (Å²) in [6, 6.07) is 0. The van der Waals surface area contributed by atoms with Gasteiger partial charge in [0.05, 0.1) is 0 Å². The van der Waals surface area contributed by atoms with E-state index in [1.807, 2.05) is 0 Å². The minimum Gasteiger partial charge on any atom is -0.303 e. The first-order chi connectivity index (χ1) is 8.21. The molecule has 0 saturated heterocycles. The Hall–Kier alpha value is -0.370. The van der Waals surface area contributed by atoms with Crippen molar-refractivity contribution in [3.63, 3.8) is 0 Å². The third-order valence-corrected chi connectivity index (χ3v) is 4.03. The molecule has 0 amide bonds. The molecule has 0 aromatic heterocycles. The average molecular weight is 239 g/mol. The second kappa shape index (κ2) is 7.86. The molecule has 0 aromatic rings. The van der Waals surface area contributed by atoms with Gasteiger partial charge in [-0.2, -0.15) is 0 Å². The van der Waals surface area contributed by atoms with E-state index in [0.29, 0.717) is 11.7 Å². The van der Waals surface area contributed by atoms with Crippen LogP contribution in [0.4, 0.5) is 0 Å². The van der Waals surface area contributed by atoms with Crippen LogP contribution in [-0.4, -0.2) is 30.3 Å². The summed E-state index contributed by atoms with van der Waals surface area (Å²) in [5.74, 6) is 1.65. The van der Waals surface area contributed by atoms with Gasteiger partial charge in [-0.3, -0.25) is 4.79 Å². The van der Waals surface area contributed by atoms with Crippen LogP contribution in [0, 0.1) is 11.8 Å². The van der Waals surface area contributed by atoms with Gasteiger partial charge in [-0.15, -0.1) is 0 Å². The molecule has 0 spiro atoms. The molecular formula is C15H29NO. The molecule has 0 N–H and O–H groups in total. The number of rotatable bonds is 7. The van der Waals surface area contributed by atoms with Gasteiger partial charge in [0.15, 0.2) is 0 Å². The SMILES string of the molecule is CCCC1CCC(=O)C(CN(CC)CCC)C1. The van der Waals surface area contributed by atoms with Gasteiger partial charge in [-0.05, 0) is 38.3 Å². The standard InChI is InChI=1S/C15H29NO/c1-4-7-13-8-9-15(17)14(11-13)12-16(6-3)10-5-2/h13-14H,4-12H2,1-3H3. The summed E-state index contributed by atoms with van der Waals surface area (Å²) < 4.78 is 0. The number of ketones is 1. The Morgan fingerprint density at radius 1 is 1.24 bits per heavy atom. The Morgan fingerprint density at radius 2 is 2.00 bits per heavy atom. The average Bonchev–Trinajstić information content (AvgIpc) is 2.33. The number of carbonyl (C=O) groups excluding carboxylic acids is 1. The van der Waals surface area contributed by atoms with E-state index in [1.54, 1.807) is 0 Å². The molecular weight excluding hydrogens is 210 g/mol. The lowest BCUT2D eigenvalue weighted by atomic mass is 9.78. The zero-order chi connectivity index (χ0) is 12.7. The van der Waals surface area contributed by atoms with Gasteiger partial charge in [0.25, 0.3) is 0 Å². The molecule has 0 bridgehead atoms. The molecule has 0 radical (unpaired) electrons. The fraction of sp³-hybridized carbons (Fsp3) is 0.933. The highest BCUT2D eigenvalue weighted by Gasteiger charge is 2.29. The summed E-state index contributed by atoms with van der Waals surface area (Å²) in [5.41, 5.74) is 0. The van der Waals surface area contributed by atoms with Gasteiger partial charge in [0.2, 0.25) is 0 Å². The van der Waals surface area contributed by atoms with Crippen LogP contribution in [-0.2, 0) is 4.79 Å². The van der Waals surface area contributed by atoms with E-state index in [2.05, 4.69) is 25.7 Å². The number of nitrogens with zero attached hydrogens (tertiary/aromatic N) is 1. The Bertz CT molecular complexity index is 227. The topological polar surface area (TPSA) is 20.3 Å². The third kappa shape index (κ3) is 4.79. The Labute approximate surface area is 107 Å². The molecule has 100 valence electrons. The summed E-state index contributed by atoms with van der Waals surface area (Å²) in [5, 5.41) is 0. The molecule has 0 aliphatic heterocycles. The van der Waals surface area contributed by atoms with Gasteiger partial charge in [-0.25, -0.2) is 0 Å². The van der Waals surface area contributed by atoms with E-state index in [-0.39, 0.29) is 0 Å². The molecule has 2 nitrogen and oxygen atoms in total. The van der Waals surface area contributed by atoms with Crippen LogP contribution in [0.3, 0.4) is 0 Å². The Kier molecular flexibility index (Phi) is 6.79. The molecule has 0 heterocycles. The van der Waals surface area contributed by atoms with Crippen molar-refractivity contribution in [3.05, 3.63) is 0 Å². The van der Waals surface area contributed by atoms with E-state index in [9.17, 15) is 4.79 Å². The Morgan fingerprint density at radius 3 is 2.59 bits per heavy atom. The molecule has 2 atom stereocenters. The molecule has 17 heavy (non-hydrogen) atoms. The van der Waals surface area contributed by atoms with Gasteiger partial charge in [0.1, 0.15) is 5.78 Å². The largest absolute Gasteiger partial charge is 0.303 e. The highest BCUT2D eigenvalue weighted by molar-refractivity contribution is 5.81. The zero-order valence-corrected chi connectivity index (χ0v) is 11.9. The van der Waals surface area contributed by atoms with Crippen LogP contribution < -0.4 is 0 Å². The summed E-state index contributed by atoms with van der Waals surface area (Å²) in [6.45, 7) is 9.89. The van der Waals surface area contributed by atoms with E-state index in [0.717, 1.165) is 44.8 Å². The van der Waals surface area contributed by atoms with Crippen LogP contribution >= 0.6 is 0 Å². The van der Waals surface area contributed by atoms with Gasteiger partial charge in [0, 0.05) is 18.9 Å². The van der Waals surface area contributed by atoms with Crippen LogP contribution in [0.2, 0.25) is 0 Å². The molecule has 2 heteroatoms. The predicted octanol–water partition coefficient (Wildman–Crippen LogP) is 3.50. The second-order valence-electron chi connectivity index (χ2n) is 5.49. The van der Waals surface area contributed by atoms with Crippen molar-refractivity contribution in [2.45, 2.75) is 59.3 Å². The summed E-state index contributed by atoms with van der Waals surface area (Å²) in [7, 11) is 0. The number of hydrogen-bond donors (Lipinski definition) is 0. The van der Waals surface area contributed by atoms with E-state index in [4.69, 9.17) is 0 Å². The van der Waals surface area contributed by atoms with Crippen molar-refractivity contribution in [3.8, 4) is 0 Å². The fourth-order valence-electron chi connectivity index (χ4n) is 3.06. The number of hydrogen-bond acceptors (Lipinski definition) is 2. The van der Waals surface area contributed by atoms with E-state index >= 15 is 0 Å². The maximum atomic E-state index is 12.0. The van der Waals surface area contributed by atoms with Gasteiger partial charge in [-0.1, -0.05) is 33.6 Å². The first-order valence-electron chi connectivity index (χ1n) is 7.46. The quantitative estimate of drug-likeness (QED) is 0.677. The summed E-state index contributed by atoms with van der Waals surface area (Å²) in [4.78, 5) is 14.4. The molecule has 1 saturated carbocycles. The highest BCUT2D eigenvalue weighted by Crippen LogP contribution is 2.30. The maximum Gasteiger partial charge on any atom is 0.137 e. The van der Waals surface area contributed by atoms with Crippen molar-refractivity contribution < 1.29 is 4.79 Å². The van der Waals surface area contributed by atoms with Crippen LogP contribution in [0.25, 0.3) is 0 Å². The number of carbonyl (C=O) groups is 1. The monoisotopic (exact) mass is 239 g/mol. The van der Waals surface area contributed by atoms with E-state index in [1.165, 1.54) is 19.3 Å². The minimum atomic E-state index is 0.326. The van der Waals surface area contributed by atoms with Crippen LogP contribution in [0.15, 0.2) is 0 Å². The molecule has 1 fully saturated rings. The first kappa shape index (κ1) is 14.7. The third-order valence-electron chi connectivity index (χ3n) is 4.03. The second-order valence-corrected chi connectivity index (χ2v) is 5.49. The first-order valence-corrected chi connectivity index (χ1v) is 7.46. The fourth-order valence-corrected chi connectivity index (χ4v) is 3.06. The normalized spacial score (nSPS) is 25.5. The van der Waals surface area contributed by atoms with Gasteiger partial charge < -0.3 is 4.90 Å². The molecule has 1 rings (SSSR count). The van der Waals surface area contributed by atoms with Crippen LogP contribution in [0.1, 0.15) is 59.3 Å². The van der Waals surface area contributed by atoms with Crippen molar-refractivity contribution in [1.82, 2.24) is 4.90 Å². The molecule has 1 aliphatic rings. The van der Waals surface area contributed by atoms with Gasteiger partial charge >= 0.3 is 0 Å². The van der Waals surface area contributed by atoms with Crippen molar-refractivity contribution >= 4 is 5.78 Å². The van der Waals surface area contributed by atoms with Crippen molar-refractivity contribution in [2.24, 2.45) is 11.8 Å². The van der Waals surface area contributed by atoms with Crippen molar-refractivity contribution in [1.29, 1.82) is 0 Å². The number of Topliss-reactive ketones (excluding diaryl/α,β-unsaturated/α-hetero) is 1. The summed E-state index contributed by atoms with van der Waals surface area (Å²) in [6.07, 6.45) is 6.88. The lowest BCUT2D eigenvalue weighted by molar-refractivity contribution is -0.126. The smallest absolute Gasteiger partial charge is 0.137 e. The highest BCUT2D eigenvalue weighted by atomic mass is 16.1. The zero-order valence-electron chi connectivity index (χ0n) is 11.9. The Balaban J connectivity index is 2.45. The molecule has 2 unspecified atom stereocenters. The molecule has 1 aliphatic carbocycles. The summed E-state index contributed by atoms with van der Waals surface area (Å²) >= 11 is 0. The molecule has 0 aromatic carbocycles. The minimum absolute atomic E-state index is 0.326. The van der Waals surface area contributed by atoms with E-state index < -0.39 is 0 Å². The van der Waals surface area contributed by atoms with Crippen LogP contribution in [0.5, 0.6) is 0 Å². The lowest BCUT2D eigenvalue weighted by Gasteiger charge is -2.31. The van der Waals surface area contributed by atoms with Crippen molar-refractivity contribution in [2.75, 3.05) is 19.6 Å². The maximum absolute atomic E-state index is 12.0. The predicted molar refractivity (Wildman–Crippen MR) is 73.2 cm³/mol.